The maximum Gasteiger partial charge on any atom is 0.258 e. The summed E-state index contributed by atoms with van der Waals surface area (Å²) in [7, 11) is 1.99. The fourth-order valence-corrected chi connectivity index (χ4v) is 3.65. The molecule has 0 radical (unpaired) electrons. The summed E-state index contributed by atoms with van der Waals surface area (Å²) in [5.41, 5.74) is 4.84. The summed E-state index contributed by atoms with van der Waals surface area (Å²) in [5, 5.41) is 3.73. The Bertz CT molecular complexity index is 909. The van der Waals surface area contributed by atoms with Crippen LogP contribution in [0.3, 0.4) is 0 Å². The molecule has 0 aliphatic carbocycles. The summed E-state index contributed by atoms with van der Waals surface area (Å²) >= 11 is 1.57. The third-order valence-electron chi connectivity index (χ3n) is 3.92. The summed E-state index contributed by atoms with van der Waals surface area (Å²) in [6.45, 7) is 4.04. The van der Waals surface area contributed by atoms with Crippen molar-refractivity contribution in [1.82, 2.24) is 4.98 Å². The number of thioether (sulfide) groups is 1. The van der Waals surface area contributed by atoms with Crippen LogP contribution in [0.2, 0.25) is 0 Å². The number of carbonyl (C=O) groups is 1. The number of rotatable bonds is 5. The van der Waals surface area contributed by atoms with Crippen molar-refractivity contribution in [3.8, 4) is 0 Å². The largest absolute Gasteiger partial charge is 1.00 e. The smallest absolute Gasteiger partial charge is 0.258 e. The van der Waals surface area contributed by atoms with Gasteiger partial charge in [-0.2, -0.15) is 0 Å². The lowest BCUT2D eigenvalue weighted by atomic mass is 10.1. The summed E-state index contributed by atoms with van der Waals surface area (Å²) < 4.78 is 2.00. The molecule has 1 aromatic carbocycles. The highest BCUT2D eigenvalue weighted by Gasteiger charge is 2.13. The van der Waals surface area contributed by atoms with Crippen LogP contribution in [-0.2, 0) is 12.8 Å². The van der Waals surface area contributed by atoms with Gasteiger partial charge in [-0.3, -0.25) is 4.79 Å². The van der Waals surface area contributed by atoms with Crippen molar-refractivity contribution in [2.45, 2.75) is 24.6 Å². The van der Waals surface area contributed by atoms with Crippen LogP contribution in [0.4, 0.5) is 5.69 Å². The van der Waals surface area contributed by atoms with Gasteiger partial charge in [0.15, 0.2) is 12.4 Å². The second-order valence-electron chi connectivity index (χ2n) is 6.35. The standard InChI is InChI=1S/C21H21N3OS.HI/c1-15-11-16(2)13-18(12-15)23-20(25)19-5-4-8-22-21(19)26-14-17-6-9-24(3)10-7-17;/h4-13H,14H2,1-3H3;1H. The third-order valence-corrected chi connectivity index (χ3v) is 4.99. The van der Waals surface area contributed by atoms with Gasteiger partial charge in [-0.1, -0.05) is 6.07 Å². The molecule has 0 bridgehead atoms. The predicted molar refractivity (Wildman–Crippen MR) is 105 cm³/mol. The molecule has 6 heteroatoms. The van der Waals surface area contributed by atoms with Crippen LogP contribution in [0, 0.1) is 13.8 Å². The van der Waals surface area contributed by atoms with E-state index in [0.717, 1.165) is 27.6 Å². The molecule has 1 N–H and O–H groups in total. The summed E-state index contributed by atoms with van der Waals surface area (Å²) in [6, 6.07) is 13.8. The lowest BCUT2D eigenvalue weighted by Gasteiger charge is -2.10. The molecule has 0 unspecified atom stereocenters. The van der Waals surface area contributed by atoms with Gasteiger partial charge in [0.25, 0.3) is 5.91 Å². The van der Waals surface area contributed by atoms with Crippen LogP contribution >= 0.6 is 11.8 Å². The van der Waals surface area contributed by atoms with E-state index < -0.39 is 0 Å². The number of halogens is 1. The first-order valence-electron chi connectivity index (χ1n) is 8.43. The molecule has 1 amide bonds. The van der Waals surface area contributed by atoms with Gasteiger partial charge in [-0.25, -0.2) is 9.55 Å². The van der Waals surface area contributed by atoms with E-state index in [4.69, 9.17) is 0 Å². The fourth-order valence-electron chi connectivity index (χ4n) is 2.70. The molecule has 0 saturated heterocycles. The Kier molecular flexibility index (Phi) is 7.79. The number of aryl methyl sites for hydroxylation is 3. The Morgan fingerprint density at radius 3 is 2.44 bits per heavy atom. The predicted octanol–water partition coefficient (Wildman–Crippen LogP) is 1.07. The van der Waals surface area contributed by atoms with Crippen molar-refractivity contribution < 1.29 is 33.3 Å². The maximum atomic E-state index is 12.7. The van der Waals surface area contributed by atoms with Gasteiger partial charge in [-0.05, 0) is 54.8 Å². The topological polar surface area (TPSA) is 45.9 Å². The molecule has 3 rings (SSSR count). The van der Waals surface area contributed by atoms with Crippen LogP contribution in [0.1, 0.15) is 27.0 Å². The molecule has 0 aliphatic rings. The summed E-state index contributed by atoms with van der Waals surface area (Å²) in [4.78, 5) is 17.2. The molecular weight excluding hydrogens is 469 g/mol. The van der Waals surface area contributed by atoms with Crippen LogP contribution in [0.15, 0.2) is 66.1 Å². The van der Waals surface area contributed by atoms with E-state index in [-0.39, 0.29) is 29.9 Å². The van der Waals surface area contributed by atoms with Gasteiger partial charge in [0.1, 0.15) is 12.1 Å². The number of carbonyl (C=O) groups excluding carboxylic acids is 1. The highest BCUT2D eigenvalue weighted by Crippen LogP contribution is 2.25. The SMILES string of the molecule is Cc1cc(C)cc(NC(=O)c2cccnc2SCc2cc[n+](C)cc2)c1.[I-]. The average molecular weight is 491 g/mol. The van der Waals surface area contributed by atoms with Gasteiger partial charge >= 0.3 is 0 Å². The number of hydrogen-bond donors (Lipinski definition) is 1. The van der Waals surface area contributed by atoms with Crippen molar-refractivity contribution in [2.75, 3.05) is 5.32 Å². The molecule has 2 aromatic heterocycles. The number of nitrogens with zero attached hydrogens (tertiary/aromatic N) is 2. The van der Waals surface area contributed by atoms with Crippen molar-refractivity contribution in [3.05, 3.63) is 83.3 Å². The number of anilines is 1. The van der Waals surface area contributed by atoms with Gasteiger partial charge in [0.2, 0.25) is 0 Å². The molecule has 3 aromatic rings. The lowest BCUT2D eigenvalue weighted by Crippen LogP contribution is -3.00. The number of nitrogens with one attached hydrogen (secondary N) is 1. The Morgan fingerprint density at radius 2 is 1.78 bits per heavy atom. The van der Waals surface area contributed by atoms with Gasteiger partial charge in [0, 0.05) is 29.8 Å². The first kappa shape index (κ1) is 21.4. The first-order valence-corrected chi connectivity index (χ1v) is 9.41. The van der Waals surface area contributed by atoms with E-state index in [1.807, 2.05) is 56.1 Å². The quantitative estimate of drug-likeness (QED) is 0.330. The number of aromatic nitrogens is 2. The van der Waals surface area contributed by atoms with Crippen molar-refractivity contribution in [1.29, 1.82) is 0 Å². The number of amides is 1. The molecular formula is C21H22IN3OS. The highest BCUT2D eigenvalue weighted by atomic mass is 127. The maximum absolute atomic E-state index is 12.7. The van der Waals surface area contributed by atoms with Crippen molar-refractivity contribution >= 4 is 23.4 Å². The molecule has 0 aliphatic heterocycles. The molecule has 0 saturated carbocycles. The van der Waals surface area contributed by atoms with Crippen molar-refractivity contribution in [2.24, 2.45) is 7.05 Å². The zero-order valence-corrected chi connectivity index (χ0v) is 18.5. The van der Waals surface area contributed by atoms with Crippen LogP contribution in [0.5, 0.6) is 0 Å². The normalized spacial score (nSPS) is 10.2. The van der Waals surface area contributed by atoms with Gasteiger partial charge in [-0.15, -0.1) is 11.8 Å². The first-order chi connectivity index (χ1) is 12.5. The second-order valence-corrected chi connectivity index (χ2v) is 7.31. The highest BCUT2D eigenvalue weighted by molar-refractivity contribution is 7.98. The molecule has 27 heavy (non-hydrogen) atoms. The Morgan fingerprint density at radius 1 is 1.11 bits per heavy atom. The molecule has 2 heterocycles. The van der Waals surface area contributed by atoms with Crippen LogP contribution < -0.4 is 33.9 Å². The van der Waals surface area contributed by atoms with E-state index in [1.165, 1.54) is 5.56 Å². The van der Waals surface area contributed by atoms with Crippen LogP contribution in [0.25, 0.3) is 0 Å². The minimum atomic E-state index is -0.134. The van der Waals surface area contributed by atoms with Crippen LogP contribution in [-0.4, -0.2) is 10.9 Å². The monoisotopic (exact) mass is 491 g/mol. The fraction of sp³-hybridized carbons (Fsp3) is 0.190. The summed E-state index contributed by atoms with van der Waals surface area (Å²) in [6.07, 6.45) is 5.75. The van der Waals surface area contributed by atoms with Gasteiger partial charge in [0.05, 0.1) is 5.56 Å². The molecule has 4 nitrogen and oxygen atoms in total. The zero-order valence-electron chi connectivity index (χ0n) is 15.6. The molecule has 140 valence electrons. The number of benzene rings is 1. The minimum Gasteiger partial charge on any atom is -1.00 e. The molecule has 0 atom stereocenters. The number of hydrogen-bond acceptors (Lipinski definition) is 3. The van der Waals surface area contributed by atoms with E-state index in [0.29, 0.717) is 5.56 Å². The third kappa shape index (κ3) is 6.04. The summed E-state index contributed by atoms with van der Waals surface area (Å²) in [5.74, 6) is 0.631. The number of pyridine rings is 2. The Hall–Kier alpha value is -1.93. The molecule has 0 spiro atoms. The lowest BCUT2D eigenvalue weighted by molar-refractivity contribution is -0.671. The van der Waals surface area contributed by atoms with E-state index >= 15 is 0 Å². The zero-order chi connectivity index (χ0) is 18.5. The van der Waals surface area contributed by atoms with E-state index in [9.17, 15) is 4.79 Å². The Balaban J connectivity index is 0.00000261. The second kappa shape index (κ2) is 9.85. The minimum absolute atomic E-state index is 0. The van der Waals surface area contributed by atoms with E-state index in [2.05, 4.69) is 28.5 Å². The van der Waals surface area contributed by atoms with E-state index in [1.54, 1.807) is 24.0 Å². The molecule has 0 fully saturated rings. The average Bonchev–Trinajstić information content (AvgIpc) is 2.60. The Labute approximate surface area is 181 Å². The van der Waals surface area contributed by atoms with Crippen molar-refractivity contribution in [3.63, 3.8) is 0 Å². The van der Waals surface area contributed by atoms with Gasteiger partial charge < -0.3 is 29.3 Å².